The first-order valence-corrected chi connectivity index (χ1v) is 5.48. The molecule has 0 fully saturated rings. The molecule has 0 bridgehead atoms. The summed E-state index contributed by atoms with van der Waals surface area (Å²) in [5.41, 5.74) is 5.47. The van der Waals surface area contributed by atoms with Crippen LogP contribution in [0.1, 0.15) is 40.5 Å². The van der Waals surface area contributed by atoms with Gasteiger partial charge in [-0.05, 0) is 26.2 Å². The number of carbonyl (C=O) groups is 1. The van der Waals surface area contributed by atoms with Crippen LogP contribution >= 0.6 is 0 Å². The minimum atomic E-state index is 0.235. The zero-order valence-electron chi connectivity index (χ0n) is 9.92. The maximum absolute atomic E-state index is 11.7. The smallest absolute Gasteiger partial charge is 0.222 e. The molecule has 0 aromatic carbocycles. The minimum Gasteiger partial charge on any atom is -0.339 e. The fraction of sp³-hybridized carbons (Fsp3) is 0.909. The molecule has 0 rings (SSSR count). The van der Waals surface area contributed by atoms with Crippen molar-refractivity contribution in [2.24, 2.45) is 11.7 Å². The van der Waals surface area contributed by atoms with Crippen molar-refractivity contribution in [3.63, 3.8) is 0 Å². The molecule has 0 saturated heterocycles. The molecule has 1 amide bonds. The number of amides is 1. The normalized spacial score (nSPS) is 11.1. The third-order valence-electron chi connectivity index (χ3n) is 2.25. The van der Waals surface area contributed by atoms with Crippen molar-refractivity contribution in [3.8, 4) is 0 Å². The molecule has 3 heteroatoms. The fourth-order valence-corrected chi connectivity index (χ4v) is 1.37. The van der Waals surface area contributed by atoms with Gasteiger partial charge in [0, 0.05) is 25.6 Å². The second-order valence-electron chi connectivity index (χ2n) is 4.40. The summed E-state index contributed by atoms with van der Waals surface area (Å²) in [7, 11) is 0. The van der Waals surface area contributed by atoms with Gasteiger partial charge in [-0.1, -0.05) is 13.8 Å². The molecule has 3 nitrogen and oxygen atoms in total. The third-order valence-corrected chi connectivity index (χ3v) is 2.25. The van der Waals surface area contributed by atoms with E-state index in [1.807, 2.05) is 18.7 Å². The van der Waals surface area contributed by atoms with E-state index in [1.54, 1.807) is 0 Å². The zero-order valence-corrected chi connectivity index (χ0v) is 9.92. The highest BCUT2D eigenvalue weighted by Crippen LogP contribution is 2.08. The summed E-state index contributed by atoms with van der Waals surface area (Å²) in [5, 5.41) is 0. The van der Waals surface area contributed by atoms with E-state index in [2.05, 4.69) is 13.8 Å². The molecule has 2 N–H and O–H groups in total. The molecular formula is C11H24N2O. The highest BCUT2D eigenvalue weighted by Gasteiger charge is 2.15. The molecule has 0 heterocycles. The Hall–Kier alpha value is -0.570. The molecule has 0 aliphatic heterocycles. The summed E-state index contributed by atoms with van der Waals surface area (Å²) >= 11 is 0. The van der Waals surface area contributed by atoms with Crippen LogP contribution in [0.15, 0.2) is 0 Å². The van der Waals surface area contributed by atoms with Crippen LogP contribution in [0.4, 0.5) is 0 Å². The van der Waals surface area contributed by atoms with E-state index in [0.717, 1.165) is 6.42 Å². The second kappa shape index (κ2) is 6.82. The number of hydrogen-bond acceptors (Lipinski definition) is 2. The lowest BCUT2D eigenvalue weighted by Crippen LogP contribution is -2.40. The Balaban J connectivity index is 4.02. The number of hydrogen-bond donors (Lipinski definition) is 1. The van der Waals surface area contributed by atoms with Gasteiger partial charge in [-0.2, -0.15) is 0 Å². The average Bonchev–Trinajstić information content (AvgIpc) is 2.09. The summed E-state index contributed by atoms with van der Waals surface area (Å²) in [6.45, 7) is 9.55. The molecule has 0 aliphatic rings. The molecule has 0 spiro atoms. The van der Waals surface area contributed by atoms with Crippen molar-refractivity contribution in [1.29, 1.82) is 0 Å². The lowest BCUT2D eigenvalue weighted by atomic mass is 10.1. The van der Waals surface area contributed by atoms with E-state index >= 15 is 0 Å². The van der Waals surface area contributed by atoms with Crippen LogP contribution in [0.5, 0.6) is 0 Å². The zero-order chi connectivity index (χ0) is 11.1. The van der Waals surface area contributed by atoms with E-state index in [-0.39, 0.29) is 11.9 Å². The van der Waals surface area contributed by atoms with Crippen LogP contribution in [-0.2, 0) is 4.79 Å². The molecule has 0 aromatic heterocycles. The SMILES string of the molecule is CC(C)CCC(=O)N(CCN)C(C)C. The molecular weight excluding hydrogens is 176 g/mol. The lowest BCUT2D eigenvalue weighted by molar-refractivity contribution is -0.133. The Labute approximate surface area is 87.6 Å². The Kier molecular flexibility index (Phi) is 6.54. The minimum absolute atomic E-state index is 0.235. The number of nitrogens with zero attached hydrogens (tertiary/aromatic N) is 1. The summed E-state index contributed by atoms with van der Waals surface area (Å²) in [6, 6.07) is 0.262. The summed E-state index contributed by atoms with van der Waals surface area (Å²) in [6.07, 6.45) is 1.61. The van der Waals surface area contributed by atoms with Gasteiger partial charge in [0.1, 0.15) is 0 Å². The molecule has 0 atom stereocenters. The van der Waals surface area contributed by atoms with Crippen LogP contribution in [-0.4, -0.2) is 29.9 Å². The van der Waals surface area contributed by atoms with Crippen molar-refractivity contribution < 1.29 is 4.79 Å². The van der Waals surface area contributed by atoms with E-state index in [0.29, 0.717) is 25.4 Å². The Morgan fingerprint density at radius 1 is 1.29 bits per heavy atom. The van der Waals surface area contributed by atoms with Crippen LogP contribution in [0.25, 0.3) is 0 Å². The van der Waals surface area contributed by atoms with E-state index < -0.39 is 0 Å². The van der Waals surface area contributed by atoms with E-state index in [9.17, 15) is 4.79 Å². The maximum Gasteiger partial charge on any atom is 0.222 e. The average molecular weight is 200 g/mol. The topological polar surface area (TPSA) is 46.3 Å². The second-order valence-corrected chi connectivity index (χ2v) is 4.40. The molecule has 84 valence electrons. The Bertz CT molecular complexity index is 167. The molecule has 0 aliphatic carbocycles. The van der Waals surface area contributed by atoms with Gasteiger partial charge in [0.2, 0.25) is 5.91 Å². The molecule has 14 heavy (non-hydrogen) atoms. The quantitative estimate of drug-likeness (QED) is 0.708. The monoisotopic (exact) mass is 200 g/mol. The standard InChI is InChI=1S/C11H24N2O/c1-9(2)5-6-11(14)13(8-7-12)10(3)4/h9-10H,5-8,12H2,1-4H3. The third kappa shape index (κ3) is 5.22. The maximum atomic E-state index is 11.7. The van der Waals surface area contributed by atoms with Gasteiger partial charge in [0.15, 0.2) is 0 Å². The van der Waals surface area contributed by atoms with Gasteiger partial charge >= 0.3 is 0 Å². The first kappa shape index (κ1) is 13.4. The van der Waals surface area contributed by atoms with Crippen molar-refractivity contribution in [2.75, 3.05) is 13.1 Å². The largest absolute Gasteiger partial charge is 0.339 e. The molecule has 0 radical (unpaired) electrons. The van der Waals surface area contributed by atoms with Gasteiger partial charge in [0.05, 0.1) is 0 Å². The van der Waals surface area contributed by atoms with E-state index in [1.165, 1.54) is 0 Å². The Morgan fingerprint density at radius 2 is 1.86 bits per heavy atom. The summed E-state index contributed by atoms with van der Waals surface area (Å²) in [5.74, 6) is 0.824. The highest BCUT2D eigenvalue weighted by atomic mass is 16.2. The molecule has 0 unspecified atom stereocenters. The summed E-state index contributed by atoms with van der Waals surface area (Å²) < 4.78 is 0. The van der Waals surface area contributed by atoms with E-state index in [4.69, 9.17) is 5.73 Å². The van der Waals surface area contributed by atoms with Crippen molar-refractivity contribution in [1.82, 2.24) is 4.90 Å². The van der Waals surface area contributed by atoms with Gasteiger partial charge in [-0.15, -0.1) is 0 Å². The van der Waals surface area contributed by atoms with Gasteiger partial charge in [0.25, 0.3) is 0 Å². The van der Waals surface area contributed by atoms with Gasteiger partial charge in [-0.25, -0.2) is 0 Å². The predicted molar refractivity (Wildman–Crippen MR) is 60.0 cm³/mol. The first-order valence-electron chi connectivity index (χ1n) is 5.48. The van der Waals surface area contributed by atoms with Crippen molar-refractivity contribution in [2.45, 2.75) is 46.6 Å². The molecule has 0 saturated carbocycles. The molecule has 0 aromatic rings. The number of nitrogens with two attached hydrogens (primary N) is 1. The van der Waals surface area contributed by atoms with Crippen LogP contribution in [0.3, 0.4) is 0 Å². The highest BCUT2D eigenvalue weighted by molar-refractivity contribution is 5.76. The van der Waals surface area contributed by atoms with Crippen molar-refractivity contribution >= 4 is 5.91 Å². The summed E-state index contributed by atoms with van der Waals surface area (Å²) in [4.78, 5) is 13.6. The predicted octanol–water partition coefficient (Wildman–Crippen LogP) is 1.62. The van der Waals surface area contributed by atoms with Crippen LogP contribution < -0.4 is 5.73 Å². The fourth-order valence-electron chi connectivity index (χ4n) is 1.37. The van der Waals surface area contributed by atoms with Gasteiger partial charge < -0.3 is 10.6 Å². The van der Waals surface area contributed by atoms with Gasteiger partial charge in [-0.3, -0.25) is 4.79 Å². The van der Waals surface area contributed by atoms with Crippen LogP contribution in [0.2, 0.25) is 0 Å². The Morgan fingerprint density at radius 3 is 2.21 bits per heavy atom. The number of rotatable bonds is 6. The first-order chi connectivity index (χ1) is 6.49. The van der Waals surface area contributed by atoms with Crippen molar-refractivity contribution in [3.05, 3.63) is 0 Å². The number of carbonyl (C=O) groups excluding carboxylic acids is 1. The van der Waals surface area contributed by atoms with Crippen LogP contribution in [0, 0.1) is 5.92 Å². The lowest BCUT2D eigenvalue weighted by Gasteiger charge is -2.26.